The summed E-state index contributed by atoms with van der Waals surface area (Å²) in [5.41, 5.74) is -1.66. The van der Waals surface area contributed by atoms with Crippen molar-refractivity contribution in [1.82, 2.24) is 5.32 Å². The molecule has 0 saturated heterocycles. The molecule has 0 radical (unpaired) electrons. The van der Waals surface area contributed by atoms with Gasteiger partial charge in [-0.15, -0.1) is 0 Å². The molecule has 0 aliphatic heterocycles. The number of carbonyl (C=O) groups excluding carboxylic acids is 1. The molecule has 0 saturated carbocycles. The number of methoxy groups -OCH3 is 1. The van der Waals surface area contributed by atoms with Crippen molar-refractivity contribution in [2.75, 3.05) is 13.7 Å². The summed E-state index contributed by atoms with van der Waals surface area (Å²) >= 11 is 0. The van der Waals surface area contributed by atoms with Gasteiger partial charge in [-0.25, -0.2) is 4.79 Å². The fourth-order valence-corrected chi connectivity index (χ4v) is 1.19. The minimum atomic E-state index is -1.99. The Morgan fingerprint density at radius 3 is 2.67 bits per heavy atom. The van der Waals surface area contributed by atoms with Gasteiger partial charge in [-0.1, -0.05) is 6.07 Å². The number of hydrogen-bond donors (Lipinski definition) is 3. The Hall–Kier alpha value is -2.08. The zero-order chi connectivity index (χ0) is 13.8. The molecule has 3 N–H and O–H groups in total. The topological polar surface area (TPSA) is 95.9 Å². The molecule has 0 aliphatic carbocycles. The zero-order valence-electron chi connectivity index (χ0n) is 10.1. The van der Waals surface area contributed by atoms with E-state index in [1.54, 1.807) is 18.2 Å². The van der Waals surface area contributed by atoms with E-state index in [9.17, 15) is 14.7 Å². The second kappa shape index (κ2) is 5.50. The quantitative estimate of drug-likeness (QED) is 0.699. The molecule has 1 atom stereocenters. The molecule has 1 aromatic rings. The number of amides is 1. The molecule has 98 valence electrons. The maximum Gasteiger partial charge on any atom is 0.337 e. The molecule has 18 heavy (non-hydrogen) atoms. The predicted octanol–water partition coefficient (Wildman–Crippen LogP) is 0.261. The smallest absolute Gasteiger partial charge is 0.337 e. The van der Waals surface area contributed by atoms with Crippen molar-refractivity contribution in [3.05, 3.63) is 29.8 Å². The second-order valence-electron chi connectivity index (χ2n) is 3.99. The van der Waals surface area contributed by atoms with E-state index in [4.69, 9.17) is 9.84 Å². The summed E-state index contributed by atoms with van der Waals surface area (Å²) in [6, 6.07) is 6.41. The molecular weight excluding hydrogens is 238 g/mol. The van der Waals surface area contributed by atoms with Gasteiger partial charge < -0.3 is 20.3 Å². The van der Waals surface area contributed by atoms with Crippen molar-refractivity contribution in [2.45, 2.75) is 12.5 Å². The Balaban J connectivity index is 2.68. The molecule has 1 unspecified atom stereocenters. The van der Waals surface area contributed by atoms with Crippen molar-refractivity contribution < 1.29 is 24.5 Å². The van der Waals surface area contributed by atoms with Gasteiger partial charge in [0.2, 0.25) is 0 Å². The Bertz CT molecular complexity index is 456. The van der Waals surface area contributed by atoms with Gasteiger partial charge in [-0.3, -0.25) is 4.79 Å². The van der Waals surface area contributed by atoms with Crippen LogP contribution in [0.15, 0.2) is 24.3 Å². The highest BCUT2D eigenvalue weighted by Crippen LogP contribution is 2.12. The number of aliphatic carboxylic acids is 1. The molecule has 1 aromatic carbocycles. The summed E-state index contributed by atoms with van der Waals surface area (Å²) < 4.78 is 4.97. The van der Waals surface area contributed by atoms with Crippen molar-refractivity contribution in [2.24, 2.45) is 0 Å². The number of nitrogens with one attached hydrogen (secondary N) is 1. The van der Waals surface area contributed by atoms with Crippen LogP contribution in [0.4, 0.5) is 0 Å². The van der Waals surface area contributed by atoms with Gasteiger partial charge in [0, 0.05) is 5.56 Å². The molecule has 1 rings (SSSR count). The van der Waals surface area contributed by atoms with Crippen LogP contribution in [-0.4, -0.2) is 41.3 Å². The third-order valence-corrected chi connectivity index (χ3v) is 2.39. The molecule has 0 fully saturated rings. The summed E-state index contributed by atoms with van der Waals surface area (Å²) in [5.74, 6) is -1.35. The Kier molecular flexibility index (Phi) is 4.28. The van der Waals surface area contributed by atoms with Gasteiger partial charge >= 0.3 is 5.97 Å². The van der Waals surface area contributed by atoms with Gasteiger partial charge in [0.05, 0.1) is 13.7 Å². The number of hydrogen-bond acceptors (Lipinski definition) is 4. The molecule has 0 aromatic heterocycles. The van der Waals surface area contributed by atoms with E-state index in [0.29, 0.717) is 11.3 Å². The fourth-order valence-electron chi connectivity index (χ4n) is 1.19. The second-order valence-corrected chi connectivity index (χ2v) is 3.99. The third kappa shape index (κ3) is 3.46. The number of carboxylic acid groups (broad SMARTS) is 1. The lowest BCUT2D eigenvalue weighted by atomic mass is 10.1. The zero-order valence-corrected chi connectivity index (χ0v) is 10.1. The Morgan fingerprint density at radius 1 is 1.44 bits per heavy atom. The number of ether oxygens (including phenoxy) is 1. The van der Waals surface area contributed by atoms with Crippen molar-refractivity contribution in [1.29, 1.82) is 0 Å². The van der Waals surface area contributed by atoms with Gasteiger partial charge in [0.25, 0.3) is 5.91 Å². The largest absolute Gasteiger partial charge is 0.497 e. The first-order chi connectivity index (χ1) is 8.36. The molecular formula is C12H15NO5. The van der Waals surface area contributed by atoms with E-state index in [1.807, 2.05) is 0 Å². The first-order valence-corrected chi connectivity index (χ1v) is 5.25. The van der Waals surface area contributed by atoms with E-state index in [1.165, 1.54) is 13.2 Å². The van der Waals surface area contributed by atoms with Crippen LogP contribution in [0.5, 0.6) is 5.75 Å². The SMILES string of the molecule is COc1cccc(C(=O)NCC(C)(O)C(=O)O)c1. The molecule has 0 heterocycles. The lowest BCUT2D eigenvalue weighted by Crippen LogP contribution is -2.46. The van der Waals surface area contributed by atoms with E-state index < -0.39 is 17.5 Å². The Labute approximate surface area is 104 Å². The number of carboxylic acids is 1. The van der Waals surface area contributed by atoms with Gasteiger partial charge in [0.1, 0.15) is 5.75 Å². The minimum absolute atomic E-state index is 0.329. The molecule has 1 amide bonds. The summed E-state index contributed by atoms with van der Waals surface area (Å²) in [7, 11) is 1.48. The highest BCUT2D eigenvalue weighted by atomic mass is 16.5. The first kappa shape index (κ1) is 14.0. The minimum Gasteiger partial charge on any atom is -0.497 e. The highest BCUT2D eigenvalue weighted by Gasteiger charge is 2.30. The lowest BCUT2D eigenvalue weighted by molar-refractivity contribution is -0.155. The van der Waals surface area contributed by atoms with E-state index in [2.05, 4.69) is 5.32 Å². The summed E-state index contributed by atoms with van der Waals surface area (Å²) in [6.45, 7) is 0.736. The van der Waals surface area contributed by atoms with Gasteiger partial charge in [-0.2, -0.15) is 0 Å². The number of carbonyl (C=O) groups is 2. The molecule has 6 nitrogen and oxygen atoms in total. The predicted molar refractivity (Wildman–Crippen MR) is 63.6 cm³/mol. The normalized spacial score (nSPS) is 13.5. The van der Waals surface area contributed by atoms with Gasteiger partial charge in [0.15, 0.2) is 5.60 Å². The maximum absolute atomic E-state index is 11.7. The fraction of sp³-hybridized carbons (Fsp3) is 0.333. The standard InChI is InChI=1S/C12H15NO5/c1-12(17,11(15)16)7-13-10(14)8-4-3-5-9(6-8)18-2/h3-6,17H,7H2,1-2H3,(H,13,14)(H,15,16). The van der Waals surface area contributed by atoms with Crippen LogP contribution in [0.25, 0.3) is 0 Å². The van der Waals surface area contributed by atoms with Gasteiger partial charge in [-0.05, 0) is 25.1 Å². The lowest BCUT2D eigenvalue weighted by Gasteiger charge is -2.18. The van der Waals surface area contributed by atoms with Crippen LogP contribution >= 0.6 is 0 Å². The van der Waals surface area contributed by atoms with Crippen molar-refractivity contribution >= 4 is 11.9 Å². The Morgan fingerprint density at radius 2 is 2.11 bits per heavy atom. The average molecular weight is 253 g/mol. The van der Waals surface area contributed by atoms with Crippen LogP contribution in [0.3, 0.4) is 0 Å². The summed E-state index contributed by atoms with van der Waals surface area (Å²) in [6.07, 6.45) is 0. The first-order valence-electron chi connectivity index (χ1n) is 5.25. The molecule has 0 spiro atoms. The summed E-state index contributed by atoms with van der Waals surface area (Å²) in [5, 5.41) is 20.5. The number of benzene rings is 1. The van der Waals surface area contributed by atoms with Crippen LogP contribution in [-0.2, 0) is 4.79 Å². The third-order valence-electron chi connectivity index (χ3n) is 2.39. The molecule has 6 heteroatoms. The maximum atomic E-state index is 11.7. The van der Waals surface area contributed by atoms with Crippen LogP contribution in [0.1, 0.15) is 17.3 Å². The monoisotopic (exact) mass is 253 g/mol. The number of rotatable bonds is 5. The van der Waals surface area contributed by atoms with Crippen LogP contribution in [0, 0.1) is 0 Å². The average Bonchev–Trinajstić information content (AvgIpc) is 2.36. The summed E-state index contributed by atoms with van der Waals surface area (Å²) in [4.78, 5) is 22.4. The molecule has 0 aliphatic rings. The van der Waals surface area contributed by atoms with E-state index in [-0.39, 0.29) is 6.54 Å². The number of aliphatic hydroxyl groups is 1. The van der Waals surface area contributed by atoms with E-state index >= 15 is 0 Å². The van der Waals surface area contributed by atoms with Crippen LogP contribution < -0.4 is 10.1 Å². The highest BCUT2D eigenvalue weighted by molar-refractivity contribution is 5.95. The van der Waals surface area contributed by atoms with Crippen molar-refractivity contribution in [3.8, 4) is 5.75 Å². The van der Waals surface area contributed by atoms with E-state index in [0.717, 1.165) is 6.92 Å². The van der Waals surface area contributed by atoms with Crippen molar-refractivity contribution in [3.63, 3.8) is 0 Å². The van der Waals surface area contributed by atoms with Crippen LogP contribution in [0.2, 0.25) is 0 Å². The molecule has 0 bridgehead atoms.